The fraction of sp³-hybridized carbons (Fsp3) is 0.333. The summed E-state index contributed by atoms with van der Waals surface area (Å²) in [6, 6.07) is 4.85. The minimum Gasteiger partial charge on any atom is -0.313 e. The largest absolute Gasteiger partial charge is 0.313 e. The van der Waals surface area contributed by atoms with Crippen molar-refractivity contribution in [3.05, 3.63) is 34.4 Å². The first-order valence-electron chi connectivity index (χ1n) is 4.96. The minimum absolute atomic E-state index is 0.0846. The highest BCUT2D eigenvalue weighted by molar-refractivity contribution is 7.89. The third kappa shape index (κ3) is 2.60. The minimum atomic E-state index is -3.67. The maximum absolute atomic E-state index is 11.8. The molecule has 0 amide bonds. The van der Waals surface area contributed by atoms with Crippen molar-refractivity contribution < 1.29 is 13.3 Å². The SMILES string of the molecule is O=[N+]([O-])c1cccc(S(=O)(=O)NC2CNC2)c1. The van der Waals surface area contributed by atoms with Gasteiger partial charge in [-0.05, 0) is 6.07 Å². The lowest BCUT2D eigenvalue weighted by Gasteiger charge is -2.27. The molecule has 7 nitrogen and oxygen atoms in total. The monoisotopic (exact) mass is 257 g/mol. The number of hydrogen-bond donors (Lipinski definition) is 2. The Hall–Kier alpha value is -1.51. The smallest absolute Gasteiger partial charge is 0.270 e. The van der Waals surface area contributed by atoms with Gasteiger partial charge in [0.2, 0.25) is 10.0 Å². The predicted molar refractivity (Wildman–Crippen MR) is 60.1 cm³/mol. The summed E-state index contributed by atoms with van der Waals surface area (Å²) in [6.07, 6.45) is 0. The topological polar surface area (TPSA) is 101 Å². The van der Waals surface area contributed by atoms with Crippen molar-refractivity contribution in [3.63, 3.8) is 0 Å². The number of nitro benzene ring substituents is 1. The van der Waals surface area contributed by atoms with E-state index < -0.39 is 14.9 Å². The van der Waals surface area contributed by atoms with Gasteiger partial charge in [0, 0.05) is 31.3 Å². The standard InChI is InChI=1S/C9H11N3O4S/c13-12(14)8-2-1-3-9(4-8)17(15,16)11-7-5-10-6-7/h1-4,7,10-11H,5-6H2. The number of rotatable bonds is 4. The highest BCUT2D eigenvalue weighted by atomic mass is 32.2. The van der Waals surface area contributed by atoms with Gasteiger partial charge in [-0.25, -0.2) is 13.1 Å². The molecule has 0 unspecified atom stereocenters. The molecular weight excluding hydrogens is 246 g/mol. The van der Waals surface area contributed by atoms with Gasteiger partial charge in [-0.2, -0.15) is 0 Å². The zero-order valence-electron chi connectivity index (χ0n) is 8.79. The molecule has 2 rings (SSSR count). The molecule has 1 aromatic carbocycles. The van der Waals surface area contributed by atoms with Crippen LogP contribution in [0.1, 0.15) is 0 Å². The first-order valence-corrected chi connectivity index (χ1v) is 6.45. The summed E-state index contributed by atoms with van der Waals surface area (Å²) in [5, 5.41) is 13.5. The van der Waals surface area contributed by atoms with Crippen molar-refractivity contribution in [3.8, 4) is 0 Å². The normalized spacial score (nSPS) is 16.5. The summed E-state index contributed by atoms with van der Waals surface area (Å²) in [5.74, 6) is 0. The molecular formula is C9H11N3O4S. The summed E-state index contributed by atoms with van der Waals surface area (Å²) >= 11 is 0. The quantitative estimate of drug-likeness (QED) is 0.576. The van der Waals surface area contributed by atoms with Crippen LogP contribution in [0.25, 0.3) is 0 Å². The zero-order chi connectivity index (χ0) is 12.5. The van der Waals surface area contributed by atoms with Gasteiger partial charge < -0.3 is 5.32 Å². The second-order valence-corrected chi connectivity index (χ2v) is 5.44. The molecule has 0 spiro atoms. The molecule has 92 valence electrons. The van der Waals surface area contributed by atoms with Crippen molar-refractivity contribution >= 4 is 15.7 Å². The van der Waals surface area contributed by atoms with E-state index in [1.807, 2.05) is 0 Å². The Bertz CT molecular complexity index is 539. The van der Waals surface area contributed by atoms with E-state index in [4.69, 9.17) is 0 Å². The van der Waals surface area contributed by atoms with Gasteiger partial charge in [0.1, 0.15) is 0 Å². The highest BCUT2D eigenvalue weighted by Gasteiger charge is 2.25. The fourth-order valence-corrected chi connectivity index (χ4v) is 2.70. The number of nitrogens with zero attached hydrogens (tertiary/aromatic N) is 1. The molecule has 8 heteroatoms. The molecule has 2 N–H and O–H groups in total. The van der Waals surface area contributed by atoms with E-state index in [2.05, 4.69) is 10.0 Å². The van der Waals surface area contributed by atoms with E-state index in [0.29, 0.717) is 13.1 Å². The fourth-order valence-electron chi connectivity index (χ4n) is 1.42. The van der Waals surface area contributed by atoms with Crippen molar-refractivity contribution in [2.45, 2.75) is 10.9 Å². The van der Waals surface area contributed by atoms with Gasteiger partial charge in [0.15, 0.2) is 0 Å². The number of sulfonamides is 1. The van der Waals surface area contributed by atoms with E-state index >= 15 is 0 Å². The van der Waals surface area contributed by atoms with Crippen molar-refractivity contribution in [2.75, 3.05) is 13.1 Å². The Labute approximate surface area is 98.0 Å². The molecule has 0 bridgehead atoms. The Balaban J connectivity index is 2.25. The average Bonchev–Trinajstić information content (AvgIpc) is 2.24. The highest BCUT2D eigenvalue weighted by Crippen LogP contribution is 2.17. The number of benzene rings is 1. The zero-order valence-corrected chi connectivity index (χ0v) is 9.61. The van der Waals surface area contributed by atoms with E-state index in [9.17, 15) is 18.5 Å². The van der Waals surface area contributed by atoms with Gasteiger partial charge in [0.25, 0.3) is 5.69 Å². The number of nitrogens with one attached hydrogen (secondary N) is 2. The molecule has 1 saturated heterocycles. The predicted octanol–water partition coefficient (Wildman–Crippen LogP) is -0.155. The van der Waals surface area contributed by atoms with E-state index in [0.717, 1.165) is 6.07 Å². The molecule has 0 saturated carbocycles. The lowest BCUT2D eigenvalue weighted by atomic mass is 10.2. The first kappa shape index (κ1) is 12.0. The molecule has 0 atom stereocenters. The molecule has 0 aliphatic carbocycles. The van der Waals surface area contributed by atoms with Crippen LogP contribution in [0, 0.1) is 10.1 Å². The second-order valence-electron chi connectivity index (χ2n) is 3.73. The van der Waals surface area contributed by atoms with Crippen molar-refractivity contribution in [1.29, 1.82) is 0 Å². The molecule has 1 aromatic rings. The summed E-state index contributed by atoms with van der Waals surface area (Å²) in [7, 11) is -3.67. The summed E-state index contributed by atoms with van der Waals surface area (Å²) in [4.78, 5) is 9.84. The van der Waals surface area contributed by atoms with E-state index in [1.165, 1.54) is 18.2 Å². The van der Waals surface area contributed by atoms with Gasteiger partial charge in [-0.3, -0.25) is 10.1 Å². The Kier molecular flexibility index (Phi) is 3.09. The molecule has 1 heterocycles. The summed E-state index contributed by atoms with van der Waals surface area (Å²) in [6.45, 7) is 1.16. The number of hydrogen-bond acceptors (Lipinski definition) is 5. The molecule has 1 fully saturated rings. The van der Waals surface area contributed by atoms with Crippen LogP contribution >= 0.6 is 0 Å². The van der Waals surface area contributed by atoms with Crippen molar-refractivity contribution in [2.24, 2.45) is 0 Å². The lowest BCUT2D eigenvalue weighted by Crippen LogP contribution is -2.56. The van der Waals surface area contributed by atoms with Gasteiger partial charge in [-0.15, -0.1) is 0 Å². The third-order valence-corrected chi connectivity index (χ3v) is 3.96. The lowest BCUT2D eigenvalue weighted by molar-refractivity contribution is -0.385. The molecule has 17 heavy (non-hydrogen) atoms. The van der Waals surface area contributed by atoms with Crippen LogP contribution in [0.15, 0.2) is 29.2 Å². The van der Waals surface area contributed by atoms with E-state index in [-0.39, 0.29) is 16.6 Å². The summed E-state index contributed by atoms with van der Waals surface area (Å²) in [5.41, 5.74) is -0.236. The number of non-ortho nitro benzene ring substituents is 1. The first-order chi connectivity index (χ1) is 7.99. The summed E-state index contributed by atoms with van der Waals surface area (Å²) < 4.78 is 26.2. The number of nitro groups is 1. The maximum atomic E-state index is 11.8. The molecule has 1 aliphatic heterocycles. The third-order valence-electron chi connectivity index (χ3n) is 2.44. The van der Waals surface area contributed by atoms with Crippen LogP contribution < -0.4 is 10.0 Å². The Morgan fingerprint density at radius 2 is 2.12 bits per heavy atom. The van der Waals surface area contributed by atoms with Crippen LogP contribution in [0.3, 0.4) is 0 Å². The van der Waals surface area contributed by atoms with Crippen LogP contribution in [-0.4, -0.2) is 32.5 Å². The molecule has 1 aliphatic rings. The Morgan fingerprint density at radius 3 is 2.65 bits per heavy atom. The van der Waals surface area contributed by atoms with Crippen LogP contribution in [0.4, 0.5) is 5.69 Å². The second kappa shape index (κ2) is 4.40. The van der Waals surface area contributed by atoms with Gasteiger partial charge in [-0.1, -0.05) is 6.07 Å². The van der Waals surface area contributed by atoms with Crippen molar-refractivity contribution in [1.82, 2.24) is 10.0 Å². The van der Waals surface area contributed by atoms with Crippen LogP contribution in [-0.2, 0) is 10.0 Å². The van der Waals surface area contributed by atoms with E-state index in [1.54, 1.807) is 0 Å². The maximum Gasteiger partial charge on any atom is 0.270 e. The van der Waals surface area contributed by atoms with Gasteiger partial charge >= 0.3 is 0 Å². The molecule has 0 radical (unpaired) electrons. The van der Waals surface area contributed by atoms with Crippen LogP contribution in [0.2, 0.25) is 0 Å². The van der Waals surface area contributed by atoms with Gasteiger partial charge in [0.05, 0.1) is 9.82 Å². The van der Waals surface area contributed by atoms with Crippen LogP contribution in [0.5, 0.6) is 0 Å². The molecule has 0 aromatic heterocycles. The Morgan fingerprint density at radius 1 is 1.41 bits per heavy atom. The average molecular weight is 257 g/mol.